The summed E-state index contributed by atoms with van der Waals surface area (Å²) >= 11 is 0. The van der Waals surface area contributed by atoms with Gasteiger partial charge in [-0.25, -0.2) is 0 Å². The lowest BCUT2D eigenvalue weighted by Gasteiger charge is -2.22. The van der Waals surface area contributed by atoms with Gasteiger partial charge in [-0.1, -0.05) is 6.92 Å². The van der Waals surface area contributed by atoms with Crippen molar-refractivity contribution < 1.29 is 14.2 Å². The Hall–Kier alpha value is -0.200. The van der Waals surface area contributed by atoms with Crippen LogP contribution in [-0.4, -0.2) is 71.2 Å². The van der Waals surface area contributed by atoms with Crippen molar-refractivity contribution in [3.8, 4) is 0 Å². The topological polar surface area (TPSA) is 57.0 Å². The molecule has 0 spiro atoms. The summed E-state index contributed by atoms with van der Waals surface area (Å²) in [6, 6.07) is 0. The van der Waals surface area contributed by atoms with E-state index in [0.717, 1.165) is 32.8 Å². The van der Waals surface area contributed by atoms with Crippen molar-refractivity contribution in [1.82, 2.24) is 4.90 Å². The van der Waals surface area contributed by atoms with Gasteiger partial charge < -0.3 is 24.8 Å². The van der Waals surface area contributed by atoms with Crippen molar-refractivity contribution in [3.05, 3.63) is 0 Å². The van der Waals surface area contributed by atoms with Crippen molar-refractivity contribution >= 4 is 0 Å². The second-order valence-corrected chi connectivity index (χ2v) is 5.26. The average molecular weight is 260 g/mol. The molecule has 1 rings (SSSR count). The molecule has 0 radical (unpaired) electrons. The van der Waals surface area contributed by atoms with Crippen LogP contribution in [0.1, 0.15) is 13.3 Å². The van der Waals surface area contributed by atoms with Gasteiger partial charge in [-0.05, 0) is 24.9 Å². The monoisotopic (exact) mass is 260 g/mol. The van der Waals surface area contributed by atoms with Gasteiger partial charge in [0.1, 0.15) is 0 Å². The number of nitrogens with zero attached hydrogens (tertiary/aromatic N) is 1. The highest BCUT2D eigenvalue weighted by atomic mass is 16.5. The molecule has 1 fully saturated rings. The van der Waals surface area contributed by atoms with E-state index in [1.54, 1.807) is 7.11 Å². The summed E-state index contributed by atoms with van der Waals surface area (Å²) in [6.45, 7) is 9.62. The van der Waals surface area contributed by atoms with Gasteiger partial charge >= 0.3 is 0 Å². The number of nitrogens with two attached hydrogens (primary N) is 1. The zero-order chi connectivity index (χ0) is 13.3. The first-order chi connectivity index (χ1) is 8.70. The van der Waals surface area contributed by atoms with E-state index in [-0.39, 0.29) is 0 Å². The lowest BCUT2D eigenvalue weighted by molar-refractivity contribution is 0.0203. The zero-order valence-corrected chi connectivity index (χ0v) is 11.8. The third kappa shape index (κ3) is 6.11. The molecule has 0 aromatic heterocycles. The van der Waals surface area contributed by atoms with Gasteiger partial charge in [-0.3, -0.25) is 0 Å². The highest BCUT2D eigenvalue weighted by molar-refractivity contribution is 4.86. The first-order valence-corrected chi connectivity index (χ1v) is 6.77. The minimum absolute atomic E-state index is 0.309. The second-order valence-electron chi connectivity index (χ2n) is 5.26. The van der Waals surface area contributed by atoms with E-state index in [1.165, 1.54) is 6.42 Å². The highest BCUT2D eigenvalue weighted by Crippen LogP contribution is 2.27. The van der Waals surface area contributed by atoms with E-state index >= 15 is 0 Å². The summed E-state index contributed by atoms with van der Waals surface area (Å²) in [5.74, 6) is 0. The molecule has 0 aromatic rings. The molecule has 5 heteroatoms. The van der Waals surface area contributed by atoms with Gasteiger partial charge in [0.15, 0.2) is 0 Å². The Labute approximate surface area is 111 Å². The molecule has 108 valence electrons. The summed E-state index contributed by atoms with van der Waals surface area (Å²) in [6.07, 6.45) is 1.20. The molecule has 0 aromatic carbocycles. The van der Waals surface area contributed by atoms with Crippen molar-refractivity contribution in [2.45, 2.75) is 13.3 Å². The first-order valence-electron chi connectivity index (χ1n) is 6.77. The van der Waals surface area contributed by atoms with E-state index in [2.05, 4.69) is 11.8 Å². The Bertz CT molecular complexity index is 216. The average Bonchev–Trinajstić information content (AvgIpc) is 2.75. The predicted molar refractivity (Wildman–Crippen MR) is 71.7 cm³/mol. The largest absolute Gasteiger partial charge is 0.382 e. The van der Waals surface area contributed by atoms with Crippen LogP contribution in [0.15, 0.2) is 0 Å². The molecule has 0 amide bonds. The highest BCUT2D eigenvalue weighted by Gasteiger charge is 2.31. The summed E-state index contributed by atoms with van der Waals surface area (Å²) < 4.78 is 15.7. The molecule has 1 aliphatic rings. The van der Waals surface area contributed by atoms with Gasteiger partial charge in [0.05, 0.1) is 33.0 Å². The molecule has 1 saturated heterocycles. The van der Waals surface area contributed by atoms with Crippen LogP contribution in [0.2, 0.25) is 0 Å². The molecule has 5 nitrogen and oxygen atoms in total. The van der Waals surface area contributed by atoms with Crippen molar-refractivity contribution in [2.75, 3.05) is 66.3 Å². The molecule has 0 aliphatic carbocycles. The van der Waals surface area contributed by atoms with Crippen LogP contribution in [-0.2, 0) is 14.2 Å². The van der Waals surface area contributed by atoms with Crippen LogP contribution in [0, 0.1) is 5.41 Å². The number of methoxy groups -OCH3 is 1. The molecular weight excluding hydrogens is 232 g/mol. The zero-order valence-electron chi connectivity index (χ0n) is 11.8. The van der Waals surface area contributed by atoms with Gasteiger partial charge in [-0.15, -0.1) is 0 Å². The van der Waals surface area contributed by atoms with Gasteiger partial charge in [-0.2, -0.15) is 0 Å². The molecule has 1 heterocycles. The standard InChI is InChI=1S/C13H28N2O3/c1-13(11-14)3-4-15(12-13)5-6-17-9-10-18-8-7-16-2/h3-12,14H2,1-2H3. The van der Waals surface area contributed by atoms with E-state index < -0.39 is 0 Å². The Morgan fingerprint density at radius 3 is 2.39 bits per heavy atom. The Morgan fingerprint density at radius 1 is 1.11 bits per heavy atom. The molecule has 1 unspecified atom stereocenters. The molecule has 0 bridgehead atoms. The van der Waals surface area contributed by atoms with E-state index in [9.17, 15) is 0 Å². The lowest BCUT2D eigenvalue weighted by Crippen LogP contribution is -2.32. The van der Waals surface area contributed by atoms with Gasteiger partial charge in [0.25, 0.3) is 0 Å². The van der Waals surface area contributed by atoms with Crippen LogP contribution in [0.4, 0.5) is 0 Å². The predicted octanol–water partition coefficient (Wildman–Crippen LogP) is 0.337. The number of ether oxygens (including phenoxy) is 3. The first kappa shape index (κ1) is 15.9. The number of hydrogen-bond acceptors (Lipinski definition) is 5. The van der Waals surface area contributed by atoms with Crippen LogP contribution in [0.5, 0.6) is 0 Å². The number of rotatable bonds is 10. The van der Waals surface area contributed by atoms with Crippen LogP contribution < -0.4 is 5.73 Å². The minimum Gasteiger partial charge on any atom is -0.382 e. The molecular formula is C13H28N2O3. The minimum atomic E-state index is 0.309. The van der Waals surface area contributed by atoms with Crippen molar-refractivity contribution in [3.63, 3.8) is 0 Å². The number of likely N-dealkylation sites (tertiary alicyclic amines) is 1. The second kappa shape index (κ2) is 8.82. The van der Waals surface area contributed by atoms with E-state index in [1.807, 2.05) is 0 Å². The maximum atomic E-state index is 5.78. The van der Waals surface area contributed by atoms with Gasteiger partial charge in [0, 0.05) is 20.2 Å². The maximum Gasteiger partial charge on any atom is 0.0701 e. The van der Waals surface area contributed by atoms with Crippen LogP contribution in [0.3, 0.4) is 0 Å². The number of hydrogen-bond donors (Lipinski definition) is 1. The van der Waals surface area contributed by atoms with Crippen molar-refractivity contribution in [2.24, 2.45) is 11.1 Å². The van der Waals surface area contributed by atoms with Crippen LogP contribution >= 0.6 is 0 Å². The summed E-state index contributed by atoms with van der Waals surface area (Å²) in [5.41, 5.74) is 6.09. The third-order valence-electron chi connectivity index (χ3n) is 3.49. The Kier molecular flexibility index (Phi) is 7.77. The summed E-state index contributed by atoms with van der Waals surface area (Å²) in [5, 5.41) is 0. The molecule has 2 N–H and O–H groups in total. The lowest BCUT2D eigenvalue weighted by atomic mass is 9.90. The quantitative estimate of drug-likeness (QED) is 0.574. The van der Waals surface area contributed by atoms with E-state index in [4.69, 9.17) is 19.9 Å². The SMILES string of the molecule is COCCOCCOCCN1CCC(C)(CN)C1. The fourth-order valence-electron chi connectivity index (χ4n) is 2.14. The summed E-state index contributed by atoms with van der Waals surface area (Å²) in [4.78, 5) is 2.43. The van der Waals surface area contributed by atoms with Crippen LogP contribution in [0.25, 0.3) is 0 Å². The smallest absolute Gasteiger partial charge is 0.0701 e. The molecule has 0 saturated carbocycles. The van der Waals surface area contributed by atoms with Gasteiger partial charge in [0.2, 0.25) is 0 Å². The molecule has 1 aliphatic heterocycles. The fourth-order valence-corrected chi connectivity index (χ4v) is 2.14. The Balaban J connectivity index is 1.90. The molecule has 18 heavy (non-hydrogen) atoms. The maximum absolute atomic E-state index is 5.78. The third-order valence-corrected chi connectivity index (χ3v) is 3.49. The fraction of sp³-hybridized carbons (Fsp3) is 1.00. The molecule has 1 atom stereocenters. The normalized spacial score (nSPS) is 24.8. The van der Waals surface area contributed by atoms with E-state index in [0.29, 0.717) is 31.8 Å². The summed E-state index contributed by atoms with van der Waals surface area (Å²) in [7, 11) is 1.67. The Morgan fingerprint density at radius 2 is 1.78 bits per heavy atom. The van der Waals surface area contributed by atoms with Crippen molar-refractivity contribution in [1.29, 1.82) is 0 Å².